The van der Waals surface area contributed by atoms with Gasteiger partial charge in [0.05, 0.1) is 18.7 Å². The van der Waals surface area contributed by atoms with Gasteiger partial charge in [0.1, 0.15) is 18.1 Å². The molecule has 3 aromatic rings. The number of hydrogen-bond donors (Lipinski definition) is 2. The van der Waals surface area contributed by atoms with Gasteiger partial charge in [0, 0.05) is 11.4 Å². The highest BCUT2D eigenvalue weighted by Gasteiger charge is 2.31. The van der Waals surface area contributed by atoms with Crippen LogP contribution in [0.1, 0.15) is 6.42 Å². The van der Waals surface area contributed by atoms with Crippen molar-refractivity contribution in [3.05, 3.63) is 71.3 Å². The Bertz CT molecular complexity index is 1340. The Hall–Kier alpha value is -3.11. The average Bonchev–Trinajstić information content (AvgIpc) is 3.30. The molecule has 3 N–H and O–H groups in total. The van der Waals surface area contributed by atoms with Gasteiger partial charge >= 0.3 is 19.4 Å². The molecule has 0 saturated heterocycles. The molecule has 0 saturated carbocycles. The molecule has 1 aliphatic heterocycles. The Morgan fingerprint density at radius 1 is 1.26 bits per heavy atom. The SMILES string of the molecule is COC(=O)CNP(=O)(OCC1CC=C(n2ccc(N)nc2=O)S1)Oc1ccc2ccccc2c1. The van der Waals surface area contributed by atoms with Crippen molar-refractivity contribution < 1.29 is 23.1 Å². The number of nitrogens with one attached hydrogen (secondary N) is 1. The first-order valence-electron chi connectivity index (χ1n) is 10.3. The quantitative estimate of drug-likeness (QED) is 0.332. The summed E-state index contributed by atoms with van der Waals surface area (Å²) in [5, 5.41) is 5.01. The van der Waals surface area contributed by atoms with E-state index in [1.807, 2.05) is 36.4 Å². The van der Waals surface area contributed by atoms with Gasteiger partial charge in [0.15, 0.2) is 0 Å². The van der Waals surface area contributed by atoms with Gasteiger partial charge in [0.2, 0.25) is 0 Å². The second-order valence-corrected chi connectivity index (χ2v) is 10.4. The molecule has 2 unspecified atom stereocenters. The van der Waals surface area contributed by atoms with Gasteiger partial charge in [-0.3, -0.25) is 13.9 Å². The molecular formula is C22H23N4O6PS. The number of carbonyl (C=O) groups excluding carboxylic acids is 1. The fraction of sp³-hybridized carbons (Fsp3) is 0.227. The van der Waals surface area contributed by atoms with Gasteiger partial charge in [-0.1, -0.05) is 36.4 Å². The van der Waals surface area contributed by atoms with Crippen LogP contribution in [0, 0.1) is 0 Å². The van der Waals surface area contributed by atoms with E-state index in [0.29, 0.717) is 17.2 Å². The third-order valence-corrected chi connectivity index (χ3v) is 7.68. The molecule has 0 aliphatic carbocycles. The summed E-state index contributed by atoms with van der Waals surface area (Å²) in [6.07, 6.45) is 4.00. The maximum atomic E-state index is 13.5. The summed E-state index contributed by atoms with van der Waals surface area (Å²) in [6, 6.07) is 14.5. The highest BCUT2D eigenvalue weighted by atomic mass is 32.2. The van der Waals surface area contributed by atoms with E-state index >= 15 is 0 Å². The monoisotopic (exact) mass is 502 g/mol. The number of fused-ring (bicyclic) bond motifs is 1. The number of esters is 1. The lowest BCUT2D eigenvalue weighted by molar-refractivity contribution is -0.139. The predicted octanol–water partition coefficient (Wildman–Crippen LogP) is 3.25. The van der Waals surface area contributed by atoms with E-state index in [2.05, 4.69) is 14.8 Å². The largest absolute Gasteiger partial charge is 0.468 e. The van der Waals surface area contributed by atoms with Crippen molar-refractivity contribution in [3.8, 4) is 5.75 Å². The topological polar surface area (TPSA) is 135 Å². The number of anilines is 1. The van der Waals surface area contributed by atoms with Crippen LogP contribution < -0.4 is 21.0 Å². The first-order valence-corrected chi connectivity index (χ1v) is 12.7. The summed E-state index contributed by atoms with van der Waals surface area (Å²) in [7, 11) is -2.70. The molecule has 0 fully saturated rings. The zero-order valence-corrected chi connectivity index (χ0v) is 20.0. The van der Waals surface area contributed by atoms with Crippen LogP contribution in [-0.4, -0.2) is 41.0 Å². The van der Waals surface area contributed by atoms with E-state index in [1.54, 1.807) is 18.3 Å². The number of rotatable bonds is 9. The first-order chi connectivity index (χ1) is 16.3. The van der Waals surface area contributed by atoms with Crippen molar-refractivity contribution in [2.45, 2.75) is 11.7 Å². The molecule has 2 heterocycles. The Kier molecular flexibility index (Phi) is 7.38. The number of allylic oxidation sites excluding steroid dienone is 1. The molecule has 12 heteroatoms. The minimum atomic E-state index is -3.93. The van der Waals surface area contributed by atoms with Crippen LogP contribution in [-0.2, 0) is 18.6 Å². The molecule has 0 amide bonds. The van der Waals surface area contributed by atoms with Crippen LogP contribution in [0.5, 0.6) is 5.75 Å². The number of carbonyl (C=O) groups is 1. The smallest absolute Gasteiger partial charge is 0.459 e. The van der Waals surface area contributed by atoms with Gasteiger partial charge in [-0.15, -0.1) is 11.8 Å². The molecule has 1 aromatic heterocycles. The van der Waals surface area contributed by atoms with E-state index in [4.69, 9.17) is 14.8 Å². The van der Waals surface area contributed by atoms with Crippen molar-refractivity contribution in [1.82, 2.24) is 14.6 Å². The standard InChI is InChI=1S/C22H23N4O6PS/c1-30-21(27)13-24-33(29,32-17-7-6-15-4-2-3-5-16(15)12-17)31-14-18-8-9-20(34-18)26-11-10-19(23)25-22(26)28/h2-7,9-12,18H,8,13-14H2,1H3,(H,24,29)(H2,23,25,28). The Balaban J connectivity index is 1.44. The predicted molar refractivity (Wildman–Crippen MR) is 131 cm³/mol. The second-order valence-electron chi connectivity index (χ2n) is 7.33. The molecule has 34 heavy (non-hydrogen) atoms. The number of methoxy groups -OCH3 is 1. The fourth-order valence-electron chi connectivity index (χ4n) is 3.22. The lowest BCUT2D eigenvalue weighted by atomic mass is 10.1. The number of aromatic nitrogens is 2. The van der Waals surface area contributed by atoms with Gasteiger partial charge in [0.25, 0.3) is 0 Å². The molecule has 2 aromatic carbocycles. The molecule has 4 rings (SSSR count). The van der Waals surface area contributed by atoms with Crippen LogP contribution >= 0.6 is 19.5 Å². The molecular weight excluding hydrogens is 479 g/mol. The first kappa shape index (κ1) is 24.0. The van der Waals surface area contributed by atoms with Gasteiger partial charge in [-0.05, 0) is 35.4 Å². The summed E-state index contributed by atoms with van der Waals surface area (Å²) in [5.41, 5.74) is 5.07. The van der Waals surface area contributed by atoms with E-state index in [9.17, 15) is 14.2 Å². The van der Waals surface area contributed by atoms with E-state index in [0.717, 1.165) is 10.8 Å². The molecule has 178 valence electrons. The number of nitrogens with zero attached hydrogens (tertiary/aromatic N) is 2. The normalized spacial score (nSPS) is 17.2. The van der Waals surface area contributed by atoms with E-state index in [1.165, 1.54) is 29.5 Å². The zero-order valence-electron chi connectivity index (χ0n) is 18.2. The van der Waals surface area contributed by atoms with Crippen LogP contribution in [0.25, 0.3) is 15.8 Å². The number of benzene rings is 2. The van der Waals surface area contributed by atoms with Crippen molar-refractivity contribution in [2.75, 3.05) is 26.0 Å². The molecule has 0 spiro atoms. The van der Waals surface area contributed by atoms with E-state index in [-0.39, 0.29) is 24.2 Å². The van der Waals surface area contributed by atoms with Crippen LogP contribution in [0.2, 0.25) is 0 Å². The molecule has 2 atom stereocenters. The average molecular weight is 502 g/mol. The maximum Gasteiger partial charge on any atom is 0.459 e. The van der Waals surface area contributed by atoms with Gasteiger partial charge in [-0.25, -0.2) is 14.4 Å². The van der Waals surface area contributed by atoms with Crippen LogP contribution in [0.15, 0.2) is 65.6 Å². The van der Waals surface area contributed by atoms with Crippen molar-refractivity contribution in [3.63, 3.8) is 0 Å². The number of hydrogen-bond acceptors (Lipinski definition) is 9. The van der Waals surface area contributed by atoms with Crippen molar-refractivity contribution in [2.24, 2.45) is 0 Å². The highest BCUT2D eigenvalue weighted by molar-refractivity contribution is 8.08. The Labute approximate surface area is 199 Å². The lowest BCUT2D eigenvalue weighted by Crippen LogP contribution is -2.26. The molecule has 0 radical (unpaired) electrons. The van der Waals surface area contributed by atoms with E-state index < -0.39 is 19.4 Å². The molecule has 10 nitrogen and oxygen atoms in total. The Morgan fingerprint density at radius 3 is 2.82 bits per heavy atom. The summed E-state index contributed by atoms with van der Waals surface area (Å²) >= 11 is 1.38. The Morgan fingerprint density at radius 2 is 2.06 bits per heavy atom. The van der Waals surface area contributed by atoms with Gasteiger partial charge in [-0.2, -0.15) is 4.98 Å². The third-order valence-electron chi connectivity index (χ3n) is 4.93. The van der Waals surface area contributed by atoms with Crippen LogP contribution in [0.3, 0.4) is 0 Å². The summed E-state index contributed by atoms with van der Waals surface area (Å²) < 4.78 is 30.9. The molecule has 1 aliphatic rings. The summed E-state index contributed by atoms with van der Waals surface area (Å²) in [4.78, 5) is 27.4. The lowest BCUT2D eigenvalue weighted by Gasteiger charge is -2.21. The molecule has 0 bridgehead atoms. The fourth-order valence-corrected chi connectivity index (χ4v) is 5.74. The number of ether oxygens (including phenoxy) is 1. The maximum absolute atomic E-state index is 13.5. The highest BCUT2D eigenvalue weighted by Crippen LogP contribution is 2.46. The van der Waals surface area contributed by atoms with Crippen LogP contribution in [0.4, 0.5) is 5.82 Å². The summed E-state index contributed by atoms with van der Waals surface area (Å²) in [5.74, 6) is -0.134. The second kappa shape index (κ2) is 10.4. The zero-order chi connectivity index (χ0) is 24.1. The number of nitrogen functional groups attached to an aromatic ring is 1. The number of nitrogens with two attached hydrogens (primary N) is 1. The van der Waals surface area contributed by atoms with Crippen molar-refractivity contribution >= 4 is 47.1 Å². The minimum absolute atomic E-state index is 0.0425. The van der Waals surface area contributed by atoms with Gasteiger partial charge < -0.3 is 15.0 Å². The summed E-state index contributed by atoms with van der Waals surface area (Å²) in [6.45, 7) is -0.310. The van der Waals surface area contributed by atoms with Crippen molar-refractivity contribution in [1.29, 1.82) is 0 Å². The number of thioether (sulfide) groups is 1. The third kappa shape index (κ3) is 5.87. The minimum Gasteiger partial charge on any atom is -0.468 e.